The van der Waals surface area contributed by atoms with Crippen LogP contribution in [0.2, 0.25) is 10.0 Å². The summed E-state index contributed by atoms with van der Waals surface area (Å²) in [7, 11) is 1.59. The van der Waals surface area contributed by atoms with Gasteiger partial charge in [-0.15, -0.1) is 0 Å². The molecule has 37 heavy (non-hydrogen) atoms. The van der Waals surface area contributed by atoms with Crippen LogP contribution >= 0.6 is 23.2 Å². The molecular weight excluding hydrogens is 511 g/mol. The molecule has 1 aliphatic carbocycles. The number of methoxy groups -OCH3 is 1. The Labute approximate surface area is 230 Å². The first-order valence-corrected chi connectivity index (χ1v) is 13.6. The summed E-state index contributed by atoms with van der Waals surface area (Å²) in [6, 6.07) is 0.221. The van der Waals surface area contributed by atoms with Gasteiger partial charge in [0.25, 0.3) is 5.91 Å². The molecule has 0 aromatic carbocycles. The van der Waals surface area contributed by atoms with Gasteiger partial charge in [-0.1, -0.05) is 50.9 Å². The maximum absolute atomic E-state index is 13.9. The van der Waals surface area contributed by atoms with Crippen molar-refractivity contribution in [1.82, 2.24) is 19.7 Å². The lowest BCUT2D eigenvalue weighted by Crippen LogP contribution is -2.41. The molecule has 9 heteroatoms. The second-order valence-corrected chi connectivity index (χ2v) is 12.8. The van der Waals surface area contributed by atoms with Crippen LogP contribution in [0, 0.1) is 17.8 Å². The number of aromatic nitrogens is 3. The summed E-state index contributed by atoms with van der Waals surface area (Å²) in [6.45, 7) is 12.9. The van der Waals surface area contributed by atoms with Crippen molar-refractivity contribution in [3.8, 4) is 0 Å². The van der Waals surface area contributed by atoms with Crippen molar-refractivity contribution >= 4 is 34.9 Å². The van der Waals surface area contributed by atoms with Crippen molar-refractivity contribution in [2.45, 2.75) is 85.8 Å². The average molecular weight is 552 g/mol. The molecule has 2 heterocycles. The highest BCUT2D eigenvalue weighted by Gasteiger charge is 2.35. The van der Waals surface area contributed by atoms with Gasteiger partial charge < -0.3 is 14.4 Å². The Morgan fingerprint density at radius 2 is 1.78 bits per heavy atom. The summed E-state index contributed by atoms with van der Waals surface area (Å²) >= 11 is 12.8. The van der Waals surface area contributed by atoms with Crippen LogP contribution in [0.15, 0.2) is 18.6 Å². The quantitative estimate of drug-likeness (QED) is 0.340. The van der Waals surface area contributed by atoms with E-state index >= 15 is 0 Å². The molecule has 3 rings (SSSR count). The number of amides is 1. The second-order valence-electron chi connectivity index (χ2n) is 12.0. The first-order chi connectivity index (χ1) is 17.2. The highest BCUT2D eigenvalue weighted by molar-refractivity contribution is 6.35. The topological polar surface area (TPSA) is 77.3 Å². The largest absolute Gasteiger partial charge is 0.375 e. The number of Topliss-reactive ketones (excluding diaryl/α,β-unsaturated/α-hetero) is 1. The van der Waals surface area contributed by atoms with Crippen molar-refractivity contribution in [2.24, 2.45) is 10.8 Å². The monoisotopic (exact) mass is 550 g/mol. The van der Waals surface area contributed by atoms with Crippen LogP contribution < -0.4 is 0 Å². The number of rotatable bonds is 9. The third-order valence-electron chi connectivity index (χ3n) is 7.29. The fourth-order valence-corrected chi connectivity index (χ4v) is 6.11. The molecule has 2 aromatic heterocycles. The lowest BCUT2D eigenvalue weighted by Gasteiger charge is -2.37. The highest BCUT2D eigenvalue weighted by atomic mass is 35.5. The number of halogens is 2. The van der Waals surface area contributed by atoms with E-state index in [-0.39, 0.29) is 35.1 Å². The van der Waals surface area contributed by atoms with Crippen LogP contribution in [0.25, 0.3) is 0 Å². The van der Waals surface area contributed by atoms with E-state index in [0.717, 1.165) is 31.4 Å². The van der Waals surface area contributed by atoms with Crippen molar-refractivity contribution in [2.75, 3.05) is 20.2 Å². The summed E-state index contributed by atoms with van der Waals surface area (Å²) in [5.74, 6) is 0.144. The predicted octanol–water partition coefficient (Wildman–Crippen LogP) is 6.87. The van der Waals surface area contributed by atoms with Gasteiger partial charge in [-0.25, -0.2) is 0 Å². The molecule has 1 saturated carbocycles. The van der Waals surface area contributed by atoms with Gasteiger partial charge >= 0.3 is 0 Å². The zero-order chi connectivity index (χ0) is 27.5. The van der Waals surface area contributed by atoms with E-state index in [1.165, 1.54) is 12.4 Å². The number of ether oxygens (including phenoxy) is 1. The number of nitrogens with zero attached hydrogens (tertiary/aromatic N) is 4. The van der Waals surface area contributed by atoms with Gasteiger partial charge in [-0.2, -0.15) is 5.10 Å². The fraction of sp³-hybridized carbons (Fsp3) is 0.643. The van der Waals surface area contributed by atoms with Gasteiger partial charge in [0.1, 0.15) is 11.9 Å². The summed E-state index contributed by atoms with van der Waals surface area (Å²) in [5.41, 5.74) is 1.97. The fourth-order valence-electron chi connectivity index (χ4n) is 5.50. The Kier molecular flexibility index (Phi) is 9.46. The molecule has 7 nitrogen and oxygen atoms in total. The third-order valence-corrected chi connectivity index (χ3v) is 7.90. The minimum atomic E-state index is -0.512. The van der Waals surface area contributed by atoms with Gasteiger partial charge in [-0.05, 0) is 50.4 Å². The van der Waals surface area contributed by atoms with Gasteiger partial charge in [-0.3, -0.25) is 14.5 Å². The molecule has 0 radical (unpaired) electrons. The molecule has 0 saturated heterocycles. The van der Waals surface area contributed by atoms with Gasteiger partial charge in [0.2, 0.25) is 0 Å². The summed E-state index contributed by atoms with van der Waals surface area (Å²) in [6.07, 6.45) is 8.68. The molecule has 204 valence electrons. The number of pyridine rings is 1. The van der Waals surface area contributed by atoms with Crippen LogP contribution in [-0.4, -0.2) is 51.6 Å². The molecule has 0 aliphatic heterocycles. The Morgan fingerprint density at radius 1 is 1.19 bits per heavy atom. The Balaban J connectivity index is 1.84. The number of hydrogen-bond donors (Lipinski definition) is 0. The minimum Gasteiger partial charge on any atom is -0.375 e. The molecule has 2 aromatic rings. The van der Waals surface area contributed by atoms with Crippen molar-refractivity contribution in [1.29, 1.82) is 0 Å². The van der Waals surface area contributed by atoms with E-state index in [2.05, 4.69) is 37.8 Å². The molecule has 1 aliphatic rings. The predicted molar refractivity (Wildman–Crippen MR) is 147 cm³/mol. The van der Waals surface area contributed by atoms with Crippen LogP contribution in [0.3, 0.4) is 0 Å². The molecular formula is C28H40Cl2N4O3. The lowest BCUT2D eigenvalue weighted by atomic mass is 9.71. The molecule has 1 atom stereocenters. The molecule has 0 N–H and O–H groups in total. The summed E-state index contributed by atoms with van der Waals surface area (Å²) in [4.78, 5) is 31.5. The number of hydrogen-bond acceptors (Lipinski definition) is 5. The number of carbonyl (C=O) groups excluding carboxylic acids is 2. The molecule has 1 amide bonds. The van der Waals surface area contributed by atoms with Crippen molar-refractivity contribution in [3.05, 3.63) is 45.5 Å². The van der Waals surface area contributed by atoms with Crippen molar-refractivity contribution in [3.63, 3.8) is 0 Å². The standard InChI is InChI=1S/C28H40Cl2N4O3/c1-18(35)12-28(6)10-8-20(9-11-28)34-19(2)21(13-32-34)26(36)33(17-27(3,4)5)16-24(37-7)25-22(29)14-31-15-23(25)30/h13-15,20,24H,8-12,16-17H2,1-7H3. The maximum Gasteiger partial charge on any atom is 0.257 e. The zero-order valence-electron chi connectivity index (χ0n) is 23.1. The molecule has 0 spiro atoms. The first kappa shape index (κ1) is 29.6. The van der Waals surface area contributed by atoms with Crippen molar-refractivity contribution < 1.29 is 14.3 Å². The SMILES string of the molecule is COC(CN(CC(C)(C)C)C(=O)c1cnn(C2CCC(C)(CC(C)=O)CC2)c1C)c1c(Cl)cncc1Cl. The highest BCUT2D eigenvalue weighted by Crippen LogP contribution is 2.43. The number of ketones is 1. The third kappa shape index (κ3) is 7.33. The average Bonchev–Trinajstić information content (AvgIpc) is 3.17. The van der Waals surface area contributed by atoms with E-state index in [9.17, 15) is 9.59 Å². The smallest absolute Gasteiger partial charge is 0.257 e. The van der Waals surface area contributed by atoms with Gasteiger partial charge in [0, 0.05) is 43.7 Å². The second kappa shape index (κ2) is 11.8. The van der Waals surface area contributed by atoms with E-state index in [1.54, 1.807) is 25.1 Å². The minimum absolute atomic E-state index is 0.0518. The normalized spacial score (nSPS) is 21.1. The lowest BCUT2D eigenvalue weighted by molar-refractivity contribution is -0.119. The Bertz CT molecular complexity index is 1100. The zero-order valence-corrected chi connectivity index (χ0v) is 24.6. The number of carbonyl (C=O) groups is 2. The van der Waals surface area contributed by atoms with Crippen LogP contribution in [0.1, 0.15) is 100 Å². The van der Waals surface area contributed by atoms with Crippen LogP contribution in [0.5, 0.6) is 0 Å². The molecule has 1 unspecified atom stereocenters. The van der Waals surface area contributed by atoms with E-state index in [1.807, 2.05) is 11.6 Å². The molecule has 0 bridgehead atoms. The van der Waals surface area contributed by atoms with Crippen LogP contribution in [-0.2, 0) is 9.53 Å². The van der Waals surface area contributed by atoms with E-state index < -0.39 is 6.10 Å². The first-order valence-electron chi connectivity index (χ1n) is 12.9. The van der Waals surface area contributed by atoms with Crippen LogP contribution in [0.4, 0.5) is 0 Å². The Morgan fingerprint density at radius 3 is 2.30 bits per heavy atom. The molecule has 1 fully saturated rings. The van der Waals surface area contributed by atoms with E-state index in [0.29, 0.717) is 34.1 Å². The van der Waals surface area contributed by atoms with Gasteiger partial charge in [0.15, 0.2) is 0 Å². The summed E-state index contributed by atoms with van der Waals surface area (Å²) < 4.78 is 7.77. The summed E-state index contributed by atoms with van der Waals surface area (Å²) in [5, 5.41) is 5.46. The Hall–Kier alpha value is -1.96. The maximum atomic E-state index is 13.9. The van der Waals surface area contributed by atoms with Gasteiger partial charge in [0.05, 0.1) is 34.4 Å². The van der Waals surface area contributed by atoms with E-state index in [4.69, 9.17) is 27.9 Å².